The first-order valence-corrected chi connectivity index (χ1v) is 5.19. The summed E-state index contributed by atoms with van der Waals surface area (Å²) in [6, 6.07) is 0. The van der Waals surface area contributed by atoms with Crippen molar-refractivity contribution in [2.24, 2.45) is 0 Å². The van der Waals surface area contributed by atoms with Gasteiger partial charge in [0.1, 0.15) is 4.91 Å². The van der Waals surface area contributed by atoms with Gasteiger partial charge in [0.05, 0.1) is 0 Å². The Labute approximate surface area is 77.6 Å². The third-order valence-electron chi connectivity index (χ3n) is 1.59. The van der Waals surface area contributed by atoms with E-state index in [9.17, 15) is 8.42 Å². The lowest BCUT2D eigenvalue weighted by Gasteiger charge is -2.20. The molecule has 0 unspecified atom stereocenters. The molecule has 0 aliphatic carbocycles. The number of hydrogen-bond acceptors (Lipinski definition) is 3. The van der Waals surface area contributed by atoms with Crippen molar-refractivity contribution in [2.75, 3.05) is 13.1 Å². The predicted octanol–water partition coefficient (Wildman–Crippen LogP) is 0.773. The summed E-state index contributed by atoms with van der Waals surface area (Å²) in [4.78, 5) is 1.65. The number of rotatable bonds is 3. The van der Waals surface area contributed by atoms with E-state index in [0.29, 0.717) is 13.1 Å². The van der Waals surface area contributed by atoms with Crippen molar-refractivity contribution in [1.29, 1.82) is 0 Å². The van der Waals surface area contributed by atoms with Crippen molar-refractivity contribution in [3.05, 3.63) is 35.9 Å². The maximum absolute atomic E-state index is 10.7. The monoisotopic (exact) mass is 201 g/mol. The zero-order valence-corrected chi connectivity index (χ0v) is 7.87. The van der Waals surface area contributed by atoms with Gasteiger partial charge in [0, 0.05) is 19.3 Å². The molecular weight excluding hydrogens is 190 g/mol. The fourth-order valence-electron chi connectivity index (χ4n) is 1.03. The van der Waals surface area contributed by atoms with E-state index >= 15 is 0 Å². The molecule has 5 heteroatoms. The molecule has 1 aliphatic heterocycles. The molecule has 0 aromatic rings. The summed E-state index contributed by atoms with van der Waals surface area (Å²) in [5.41, 5.74) is 0. The molecule has 4 nitrogen and oxygen atoms in total. The fraction of sp³-hybridized carbons (Fsp3) is 0.250. The summed E-state index contributed by atoms with van der Waals surface area (Å²) >= 11 is 0. The highest BCUT2D eigenvalue weighted by Crippen LogP contribution is 2.12. The van der Waals surface area contributed by atoms with E-state index in [1.54, 1.807) is 17.1 Å². The zero-order valence-electron chi connectivity index (χ0n) is 7.05. The molecule has 1 N–H and O–H groups in total. The molecule has 0 saturated heterocycles. The molecule has 72 valence electrons. The Hall–Kier alpha value is -1.07. The first-order valence-electron chi connectivity index (χ1n) is 3.75. The van der Waals surface area contributed by atoms with Crippen LogP contribution in [0.2, 0.25) is 0 Å². The Kier molecular flexibility index (Phi) is 2.90. The Morgan fingerprint density at radius 3 is 2.92 bits per heavy atom. The topological polar surface area (TPSA) is 57.6 Å². The molecule has 0 fully saturated rings. The highest BCUT2D eigenvalue weighted by molar-refractivity contribution is 7.90. The second kappa shape index (κ2) is 3.76. The highest BCUT2D eigenvalue weighted by Gasteiger charge is 2.14. The maximum atomic E-state index is 10.7. The first kappa shape index (κ1) is 10.0. The molecule has 0 bridgehead atoms. The molecule has 1 aliphatic rings. The van der Waals surface area contributed by atoms with Crippen LogP contribution in [0.4, 0.5) is 0 Å². The van der Waals surface area contributed by atoms with Crippen LogP contribution in [-0.2, 0) is 10.1 Å². The zero-order chi connectivity index (χ0) is 9.90. The average Bonchev–Trinajstić information content (AvgIpc) is 2.04. The second-order valence-corrected chi connectivity index (χ2v) is 4.07. The lowest BCUT2D eigenvalue weighted by Crippen LogP contribution is -2.21. The van der Waals surface area contributed by atoms with E-state index in [1.165, 1.54) is 12.3 Å². The van der Waals surface area contributed by atoms with Crippen LogP contribution < -0.4 is 0 Å². The number of allylic oxidation sites excluding steroid dienone is 1. The molecule has 0 atom stereocenters. The maximum Gasteiger partial charge on any atom is 0.295 e. The molecule has 0 spiro atoms. The van der Waals surface area contributed by atoms with Gasteiger partial charge in [0.15, 0.2) is 0 Å². The molecule has 0 aromatic carbocycles. The van der Waals surface area contributed by atoms with Crippen LogP contribution >= 0.6 is 0 Å². The van der Waals surface area contributed by atoms with E-state index in [0.717, 1.165) is 0 Å². The van der Waals surface area contributed by atoms with Crippen LogP contribution in [0, 0.1) is 0 Å². The van der Waals surface area contributed by atoms with Crippen LogP contribution in [0.5, 0.6) is 0 Å². The quantitative estimate of drug-likeness (QED) is 0.541. The van der Waals surface area contributed by atoms with Gasteiger partial charge in [-0.25, -0.2) is 0 Å². The molecule has 0 amide bonds. The van der Waals surface area contributed by atoms with Gasteiger partial charge in [-0.1, -0.05) is 12.2 Å². The van der Waals surface area contributed by atoms with E-state index < -0.39 is 10.1 Å². The summed E-state index contributed by atoms with van der Waals surface area (Å²) in [5, 5.41) is 0. The molecule has 1 heterocycles. The van der Waals surface area contributed by atoms with Gasteiger partial charge < -0.3 is 4.90 Å². The van der Waals surface area contributed by atoms with Crippen molar-refractivity contribution in [3.8, 4) is 0 Å². The van der Waals surface area contributed by atoms with Crippen molar-refractivity contribution < 1.29 is 13.0 Å². The summed E-state index contributed by atoms with van der Waals surface area (Å²) < 4.78 is 30.2. The second-order valence-electron chi connectivity index (χ2n) is 2.65. The number of nitrogens with zero attached hydrogens (tertiary/aromatic N) is 1. The minimum Gasteiger partial charge on any atom is -0.369 e. The van der Waals surface area contributed by atoms with Crippen LogP contribution in [0.25, 0.3) is 0 Å². The molecule has 0 saturated carbocycles. The fourth-order valence-corrected chi connectivity index (χ4v) is 1.58. The van der Waals surface area contributed by atoms with Gasteiger partial charge in [-0.05, 0) is 6.08 Å². The molecular formula is C8H11NO3S. The van der Waals surface area contributed by atoms with Crippen LogP contribution in [0.3, 0.4) is 0 Å². The Morgan fingerprint density at radius 2 is 2.38 bits per heavy atom. The van der Waals surface area contributed by atoms with Gasteiger partial charge in [-0.3, -0.25) is 4.55 Å². The summed E-state index contributed by atoms with van der Waals surface area (Å²) in [5.74, 6) is 0. The highest BCUT2D eigenvalue weighted by atomic mass is 32.2. The van der Waals surface area contributed by atoms with Crippen molar-refractivity contribution >= 4 is 10.1 Å². The summed E-state index contributed by atoms with van der Waals surface area (Å²) in [6.07, 6.45) is 6.12. The van der Waals surface area contributed by atoms with E-state index in [-0.39, 0.29) is 4.91 Å². The standard InChI is InChI=1S/C8H11NO3S/c1-2-5-9-6-3-4-8(7-9)13(10,11)12/h2-4,7H,1,5-6H2,(H,10,11,12). The van der Waals surface area contributed by atoms with Gasteiger partial charge >= 0.3 is 0 Å². The third-order valence-corrected chi connectivity index (χ3v) is 2.43. The van der Waals surface area contributed by atoms with E-state index in [4.69, 9.17) is 4.55 Å². The normalized spacial score (nSPS) is 17.0. The molecule has 1 rings (SSSR count). The van der Waals surface area contributed by atoms with Crippen molar-refractivity contribution in [3.63, 3.8) is 0 Å². The summed E-state index contributed by atoms with van der Waals surface area (Å²) in [6.45, 7) is 4.72. The van der Waals surface area contributed by atoms with Crippen LogP contribution in [0.1, 0.15) is 0 Å². The van der Waals surface area contributed by atoms with Gasteiger partial charge in [-0.15, -0.1) is 6.58 Å². The van der Waals surface area contributed by atoms with Gasteiger partial charge in [0.25, 0.3) is 10.1 Å². The first-order chi connectivity index (χ1) is 6.04. The molecule has 0 radical (unpaired) electrons. The molecule has 0 aromatic heterocycles. The lowest BCUT2D eigenvalue weighted by atomic mass is 10.3. The third kappa shape index (κ3) is 2.71. The van der Waals surface area contributed by atoms with Gasteiger partial charge in [-0.2, -0.15) is 8.42 Å². The van der Waals surface area contributed by atoms with Crippen LogP contribution in [0.15, 0.2) is 35.9 Å². The average molecular weight is 201 g/mol. The van der Waals surface area contributed by atoms with Crippen molar-refractivity contribution in [1.82, 2.24) is 4.90 Å². The van der Waals surface area contributed by atoms with E-state index in [1.807, 2.05) is 0 Å². The minimum atomic E-state index is -4.08. The van der Waals surface area contributed by atoms with Gasteiger partial charge in [0.2, 0.25) is 0 Å². The molecule has 13 heavy (non-hydrogen) atoms. The van der Waals surface area contributed by atoms with Crippen LogP contribution in [-0.4, -0.2) is 31.0 Å². The largest absolute Gasteiger partial charge is 0.369 e. The lowest BCUT2D eigenvalue weighted by molar-refractivity contribution is 0.450. The number of hydrogen-bond donors (Lipinski definition) is 1. The smallest absolute Gasteiger partial charge is 0.295 e. The predicted molar refractivity (Wildman–Crippen MR) is 50.5 cm³/mol. The Bertz CT molecular complexity index is 352. The Morgan fingerprint density at radius 1 is 1.69 bits per heavy atom. The van der Waals surface area contributed by atoms with E-state index in [2.05, 4.69) is 6.58 Å². The Balaban J connectivity index is 2.87. The summed E-state index contributed by atoms with van der Waals surface area (Å²) in [7, 11) is -4.08. The van der Waals surface area contributed by atoms with Crippen molar-refractivity contribution in [2.45, 2.75) is 0 Å². The SMILES string of the molecule is C=CCN1C=C(S(=O)(=O)O)C=CC1. The minimum absolute atomic E-state index is 0.0828.